The Balaban J connectivity index is 1.32. The molecule has 212 valence electrons. The lowest BCUT2D eigenvalue weighted by Gasteiger charge is -2.14. The van der Waals surface area contributed by atoms with E-state index in [4.69, 9.17) is 10.00 Å². The number of hydrogen-bond acceptors (Lipinski definition) is 6. The zero-order chi connectivity index (χ0) is 30.0. The Kier molecular flexibility index (Phi) is 7.46. The van der Waals surface area contributed by atoms with Gasteiger partial charge in [0.1, 0.15) is 29.2 Å². The van der Waals surface area contributed by atoms with Crippen molar-refractivity contribution in [1.29, 1.82) is 5.26 Å². The molecule has 0 saturated carbocycles. The molecule has 0 aliphatic heterocycles. The molecule has 10 nitrogen and oxygen atoms in total. The third-order valence-corrected chi connectivity index (χ3v) is 6.43. The van der Waals surface area contributed by atoms with Crippen molar-refractivity contribution in [1.82, 2.24) is 24.5 Å². The number of hydrogen-bond donors (Lipinski definition) is 2. The molecular formula is C31H29FN8O2. The molecule has 2 N–H and O–H groups in total. The number of anilines is 2. The van der Waals surface area contributed by atoms with Crippen LogP contribution in [0.5, 0.6) is 11.5 Å². The van der Waals surface area contributed by atoms with Crippen LogP contribution in [-0.2, 0) is 12.5 Å². The number of halogens is 1. The number of nitriles is 1. The first kappa shape index (κ1) is 28.0. The molecule has 0 fully saturated rings. The maximum absolute atomic E-state index is 14.4. The lowest BCUT2D eigenvalue weighted by atomic mass is 9.92. The predicted octanol–water partition coefficient (Wildman–Crippen LogP) is 6.72. The molecule has 42 heavy (non-hydrogen) atoms. The second-order valence-corrected chi connectivity index (χ2v) is 10.8. The van der Waals surface area contributed by atoms with Gasteiger partial charge < -0.3 is 10.1 Å². The van der Waals surface area contributed by atoms with Crippen LogP contribution in [0.15, 0.2) is 73.2 Å². The van der Waals surface area contributed by atoms with E-state index in [0.29, 0.717) is 34.4 Å². The van der Waals surface area contributed by atoms with E-state index in [1.807, 2.05) is 53.1 Å². The molecule has 0 aliphatic carbocycles. The fourth-order valence-electron chi connectivity index (χ4n) is 4.19. The molecule has 0 atom stereocenters. The maximum atomic E-state index is 14.4. The largest absolute Gasteiger partial charge is 0.457 e. The van der Waals surface area contributed by atoms with Crippen LogP contribution in [0.1, 0.15) is 37.6 Å². The second kappa shape index (κ2) is 11.2. The molecule has 11 heteroatoms. The first-order valence-electron chi connectivity index (χ1n) is 13.1. The molecule has 0 aliphatic rings. The molecule has 0 saturated heterocycles. The van der Waals surface area contributed by atoms with Crippen molar-refractivity contribution in [2.45, 2.75) is 33.1 Å². The van der Waals surface area contributed by atoms with E-state index in [1.54, 1.807) is 53.5 Å². The summed E-state index contributed by atoms with van der Waals surface area (Å²) in [4.78, 5) is 17.4. The zero-order valence-electron chi connectivity index (χ0n) is 23.8. The van der Waals surface area contributed by atoms with Crippen molar-refractivity contribution in [2.75, 3.05) is 10.6 Å². The van der Waals surface area contributed by atoms with Crippen LogP contribution >= 0.6 is 0 Å². The third kappa shape index (κ3) is 6.13. The van der Waals surface area contributed by atoms with Crippen LogP contribution in [0.2, 0.25) is 0 Å². The summed E-state index contributed by atoms with van der Waals surface area (Å²) in [6, 6.07) is 16.1. The van der Waals surface area contributed by atoms with E-state index in [0.717, 1.165) is 16.8 Å². The number of ether oxygens (including phenoxy) is 1. The monoisotopic (exact) mass is 564 g/mol. The minimum Gasteiger partial charge on any atom is -0.457 e. The Morgan fingerprint density at radius 3 is 2.55 bits per heavy atom. The van der Waals surface area contributed by atoms with Crippen molar-refractivity contribution >= 4 is 17.5 Å². The van der Waals surface area contributed by atoms with Gasteiger partial charge in [0.25, 0.3) is 0 Å². The number of urea groups is 1. The molecule has 0 radical (unpaired) electrons. The van der Waals surface area contributed by atoms with E-state index < -0.39 is 11.8 Å². The minimum absolute atomic E-state index is 0.0742. The van der Waals surface area contributed by atoms with Gasteiger partial charge in [0.05, 0.1) is 28.8 Å². The SMILES string of the molecule is Cc1cc(NC(=O)Nc2cc(C(C)(C)C)nn2-c2ccc(C#N)c(F)c2)ccc1Oc1ccnc(-c2cnn(C)c2)c1. The van der Waals surface area contributed by atoms with Crippen LogP contribution in [0.25, 0.3) is 16.9 Å². The molecule has 3 aromatic heterocycles. The number of benzene rings is 2. The number of carbonyl (C=O) groups excluding carboxylic acids is 1. The Bertz CT molecular complexity index is 1830. The molecule has 2 aromatic carbocycles. The van der Waals surface area contributed by atoms with E-state index in [2.05, 4.69) is 25.8 Å². The van der Waals surface area contributed by atoms with E-state index >= 15 is 0 Å². The number of nitrogens with zero attached hydrogens (tertiary/aromatic N) is 6. The highest BCUT2D eigenvalue weighted by Crippen LogP contribution is 2.30. The van der Waals surface area contributed by atoms with Crippen molar-refractivity contribution in [2.24, 2.45) is 7.05 Å². The van der Waals surface area contributed by atoms with Crippen molar-refractivity contribution in [3.8, 4) is 34.5 Å². The van der Waals surface area contributed by atoms with Crippen LogP contribution in [0.4, 0.5) is 20.7 Å². The minimum atomic E-state index is -0.670. The summed E-state index contributed by atoms with van der Waals surface area (Å²) in [7, 11) is 1.84. The molecule has 2 amide bonds. The van der Waals surface area contributed by atoms with Crippen LogP contribution in [0, 0.1) is 24.1 Å². The molecule has 5 rings (SSSR count). The number of aromatic nitrogens is 5. The molecule has 0 bridgehead atoms. The van der Waals surface area contributed by atoms with Crippen LogP contribution in [-0.4, -0.2) is 30.6 Å². The number of amides is 2. The standard InChI is InChI=1S/C31H29FN8O2/c1-19-12-22(7-9-27(19)42-24-10-11-34-26(14-24)21-17-35-39(5)18-21)36-30(41)37-29-15-28(31(2,3)4)38-40(29)23-8-6-20(16-33)25(32)13-23/h6-15,17-18H,1-5H3,(H2,36,37,41). The summed E-state index contributed by atoms with van der Waals surface area (Å²) in [6.07, 6.45) is 5.29. The van der Waals surface area contributed by atoms with Gasteiger partial charge in [0, 0.05) is 54.3 Å². The predicted molar refractivity (Wildman–Crippen MR) is 157 cm³/mol. The molecule has 3 heterocycles. The van der Waals surface area contributed by atoms with Gasteiger partial charge in [-0.15, -0.1) is 0 Å². The van der Waals surface area contributed by atoms with Crippen molar-refractivity contribution < 1.29 is 13.9 Å². The highest BCUT2D eigenvalue weighted by atomic mass is 19.1. The van der Waals surface area contributed by atoms with E-state index in [-0.39, 0.29) is 11.0 Å². The van der Waals surface area contributed by atoms with Gasteiger partial charge >= 0.3 is 6.03 Å². The van der Waals surface area contributed by atoms with Gasteiger partial charge in [0.15, 0.2) is 0 Å². The van der Waals surface area contributed by atoms with Gasteiger partial charge in [-0.1, -0.05) is 20.8 Å². The van der Waals surface area contributed by atoms with Gasteiger partial charge in [-0.3, -0.25) is 15.0 Å². The third-order valence-electron chi connectivity index (χ3n) is 6.43. The van der Waals surface area contributed by atoms with Gasteiger partial charge in [-0.25, -0.2) is 13.9 Å². The number of aryl methyl sites for hydroxylation is 2. The Morgan fingerprint density at radius 2 is 1.88 bits per heavy atom. The number of nitrogens with one attached hydrogen (secondary N) is 2. The zero-order valence-corrected chi connectivity index (χ0v) is 23.8. The fraction of sp³-hybridized carbons (Fsp3) is 0.194. The van der Waals surface area contributed by atoms with Crippen LogP contribution < -0.4 is 15.4 Å². The summed E-state index contributed by atoms with van der Waals surface area (Å²) >= 11 is 0. The highest BCUT2D eigenvalue weighted by Gasteiger charge is 2.22. The lowest BCUT2D eigenvalue weighted by Crippen LogP contribution is -2.21. The Morgan fingerprint density at radius 1 is 1.07 bits per heavy atom. The number of pyridine rings is 1. The second-order valence-electron chi connectivity index (χ2n) is 10.8. The van der Waals surface area contributed by atoms with Crippen molar-refractivity contribution in [3.05, 3.63) is 95.8 Å². The summed E-state index contributed by atoms with van der Waals surface area (Å²) in [5.41, 5.74) is 3.64. The van der Waals surface area contributed by atoms with E-state index in [1.165, 1.54) is 16.8 Å². The molecule has 5 aromatic rings. The number of carbonyl (C=O) groups is 1. The quantitative estimate of drug-likeness (QED) is 0.236. The van der Waals surface area contributed by atoms with Gasteiger partial charge in [-0.05, 0) is 48.9 Å². The Labute approximate surface area is 242 Å². The summed E-state index contributed by atoms with van der Waals surface area (Å²) in [6.45, 7) is 7.84. The van der Waals surface area contributed by atoms with Gasteiger partial charge in [0.2, 0.25) is 0 Å². The number of rotatable bonds is 6. The van der Waals surface area contributed by atoms with E-state index in [9.17, 15) is 9.18 Å². The summed E-state index contributed by atoms with van der Waals surface area (Å²) in [5.74, 6) is 0.920. The van der Waals surface area contributed by atoms with Crippen molar-refractivity contribution in [3.63, 3.8) is 0 Å². The van der Waals surface area contributed by atoms with Gasteiger partial charge in [-0.2, -0.15) is 15.5 Å². The van der Waals surface area contributed by atoms with Crippen LogP contribution in [0.3, 0.4) is 0 Å². The summed E-state index contributed by atoms with van der Waals surface area (Å²) in [5, 5.41) is 23.5. The first-order valence-corrected chi connectivity index (χ1v) is 13.1. The lowest BCUT2D eigenvalue weighted by molar-refractivity contribution is 0.262. The average molecular weight is 565 g/mol. The summed E-state index contributed by atoms with van der Waals surface area (Å²) < 4.78 is 23.6. The normalized spacial score (nSPS) is 11.2. The Hall–Kier alpha value is -5.50. The molecular weight excluding hydrogens is 535 g/mol. The highest BCUT2D eigenvalue weighted by molar-refractivity contribution is 5.99. The average Bonchev–Trinajstić information content (AvgIpc) is 3.57. The molecule has 0 unspecified atom stereocenters. The first-order chi connectivity index (χ1) is 20.0. The smallest absolute Gasteiger partial charge is 0.324 e. The fourth-order valence-corrected chi connectivity index (χ4v) is 4.19. The molecule has 0 spiro atoms. The maximum Gasteiger partial charge on any atom is 0.324 e. The topological polar surface area (TPSA) is 123 Å².